The summed E-state index contributed by atoms with van der Waals surface area (Å²) in [5.74, 6) is 0.649. The molecule has 1 aliphatic heterocycles. The van der Waals surface area contributed by atoms with Crippen LogP contribution in [0.1, 0.15) is 62.3 Å². The Hall–Kier alpha value is -2.96. The fourth-order valence-corrected chi connectivity index (χ4v) is 5.27. The quantitative estimate of drug-likeness (QED) is 0.345. The lowest BCUT2D eigenvalue weighted by Gasteiger charge is -2.21. The zero-order valence-electron chi connectivity index (χ0n) is 19.5. The predicted molar refractivity (Wildman–Crippen MR) is 132 cm³/mol. The summed E-state index contributed by atoms with van der Waals surface area (Å²) in [6.45, 7) is 9.38. The van der Waals surface area contributed by atoms with Crippen LogP contribution < -0.4 is 4.90 Å². The normalized spacial score (nSPS) is 16.5. The first kappa shape index (κ1) is 23.2. The van der Waals surface area contributed by atoms with Crippen LogP contribution in [0.2, 0.25) is 0 Å². The van der Waals surface area contributed by atoms with Crippen LogP contribution in [-0.4, -0.2) is 30.4 Å². The lowest BCUT2D eigenvalue weighted by molar-refractivity contribution is -0.430. The molecule has 4 rings (SSSR count). The summed E-state index contributed by atoms with van der Waals surface area (Å²) >= 11 is 0. The van der Waals surface area contributed by atoms with Gasteiger partial charge in [-0.25, -0.2) is 17.9 Å². The van der Waals surface area contributed by atoms with Crippen molar-refractivity contribution in [2.45, 2.75) is 50.5 Å². The van der Waals surface area contributed by atoms with Gasteiger partial charge < -0.3 is 4.55 Å². The van der Waals surface area contributed by atoms with Crippen molar-refractivity contribution in [1.82, 2.24) is 0 Å². The molecule has 1 heterocycles. The van der Waals surface area contributed by atoms with E-state index < -0.39 is 10.1 Å². The van der Waals surface area contributed by atoms with Gasteiger partial charge in [-0.15, -0.1) is 0 Å². The van der Waals surface area contributed by atoms with Crippen LogP contribution in [0, 0.1) is 0 Å². The van der Waals surface area contributed by atoms with Crippen molar-refractivity contribution < 1.29 is 17.5 Å². The highest BCUT2D eigenvalue weighted by molar-refractivity contribution is 7.86. The first-order chi connectivity index (χ1) is 15.7. The maximum Gasteiger partial charge on any atom is 0.245 e. The molecule has 0 saturated heterocycles. The van der Waals surface area contributed by atoms with Crippen LogP contribution in [0.4, 0.5) is 11.4 Å². The minimum Gasteiger partial charge on any atom is -0.744 e. The van der Waals surface area contributed by atoms with E-state index in [1.807, 2.05) is 41.6 Å². The maximum atomic E-state index is 12.1. The maximum absolute atomic E-state index is 12.1. The summed E-state index contributed by atoms with van der Waals surface area (Å²) < 4.78 is 38.5. The molecule has 3 aromatic carbocycles. The van der Waals surface area contributed by atoms with Crippen LogP contribution in [0.15, 0.2) is 77.7 Å². The molecule has 0 aliphatic carbocycles. The van der Waals surface area contributed by atoms with E-state index in [4.69, 9.17) is 0 Å². The monoisotopic (exact) mass is 462 g/mol. The highest BCUT2D eigenvalue weighted by Gasteiger charge is 2.38. The van der Waals surface area contributed by atoms with E-state index in [-0.39, 0.29) is 10.9 Å². The molecule has 0 N–H and O–H groups in total. The summed E-state index contributed by atoms with van der Waals surface area (Å²) in [5, 5.41) is 0. The third-order valence-electron chi connectivity index (χ3n) is 6.20. The molecule has 0 saturated carbocycles. The summed E-state index contributed by atoms with van der Waals surface area (Å²) in [6, 6.07) is 22.7. The summed E-state index contributed by atoms with van der Waals surface area (Å²) in [7, 11) is -4.63. The molecule has 0 spiro atoms. The van der Waals surface area contributed by atoms with Crippen LogP contribution in [0.5, 0.6) is 0 Å². The zero-order valence-corrected chi connectivity index (χ0v) is 20.3. The Morgan fingerprint density at radius 3 is 2.00 bits per heavy atom. The summed E-state index contributed by atoms with van der Waals surface area (Å²) in [5.41, 5.74) is 5.11. The summed E-state index contributed by atoms with van der Waals surface area (Å²) in [4.78, 5) is 1.73. The molecule has 0 unspecified atom stereocenters. The SMILES string of the molecule is CC(C)c1cccc(C(C)C)c1[N+]1=CN(c2ccccc2S(=O)(=O)[O-])[C@@H](c2ccccc2)C1. The van der Waals surface area contributed by atoms with Gasteiger partial charge in [0.05, 0.1) is 0 Å². The average molecular weight is 463 g/mol. The zero-order chi connectivity index (χ0) is 23.8. The van der Waals surface area contributed by atoms with Gasteiger partial charge in [0.1, 0.15) is 32.9 Å². The minimum atomic E-state index is -4.63. The number of nitrogens with zero attached hydrogens (tertiary/aromatic N) is 2. The average Bonchev–Trinajstić information content (AvgIpc) is 3.23. The van der Waals surface area contributed by atoms with Crippen molar-refractivity contribution in [2.75, 3.05) is 11.4 Å². The Labute approximate surface area is 196 Å². The molecule has 0 amide bonds. The molecule has 172 valence electrons. The molecular formula is C27H30N2O3S. The van der Waals surface area contributed by atoms with E-state index in [2.05, 4.69) is 50.5 Å². The number of hydrogen-bond acceptors (Lipinski definition) is 4. The molecular weight excluding hydrogens is 432 g/mol. The highest BCUT2D eigenvalue weighted by Crippen LogP contribution is 2.40. The Balaban J connectivity index is 1.94. The van der Waals surface area contributed by atoms with Gasteiger partial charge in [0.2, 0.25) is 6.34 Å². The Morgan fingerprint density at radius 1 is 0.848 bits per heavy atom. The lowest BCUT2D eigenvalue weighted by Crippen LogP contribution is -2.25. The van der Waals surface area contributed by atoms with Gasteiger partial charge in [0.15, 0.2) is 6.04 Å². The van der Waals surface area contributed by atoms with E-state index >= 15 is 0 Å². The van der Waals surface area contributed by atoms with Crippen LogP contribution in [0.25, 0.3) is 0 Å². The second-order valence-corrected chi connectivity index (χ2v) is 10.5. The standard InChI is InChI=1S/C27H30N2O3S/c1-19(2)22-13-10-14-23(20(3)4)27(22)28-17-25(21-11-6-5-7-12-21)29(18-28)24-15-8-9-16-26(24)33(30,31)32/h5-16,18-20,25H,17H2,1-4H3/t25-/m1/s1. The first-order valence-corrected chi connectivity index (χ1v) is 12.7. The van der Waals surface area contributed by atoms with Gasteiger partial charge in [0.25, 0.3) is 0 Å². The molecule has 0 bridgehead atoms. The fourth-order valence-electron chi connectivity index (χ4n) is 4.60. The van der Waals surface area contributed by atoms with Crippen molar-refractivity contribution in [2.24, 2.45) is 0 Å². The van der Waals surface area contributed by atoms with Gasteiger partial charge >= 0.3 is 0 Å². The van der Waals surface area contributed by atoms with Crippen LogP contribution in [-0.2, 0) is 10.1 Å². The van der Waals surface area contributed by atoms with Gasteiger partial charge in [0, 0.05) is 16.7 Å². The molecule has 3 aromatic rings. The molecule has 5 nitrogen and oxygen atoms in total. The molecule has 6 heteroatoms. The van der Waals surface area contributed by atoms with E-state index in [0.29, 0.717) is 24.1 Å². The number of rotatable bonds is 6. The van der Waals surface area contributed by atoms with Gasteiger partial charge in [-0.3, -0.25) is 0 Å². The Kier molecular flexibility index (Phi) is 6.41. The molecule has 0 radical (unpaired) electrons. The molecule has 0 fully saturated rings. The number of hydrogen-bond donors (Lipinski definition) is 0. The number of benzene rings is 3. The number of para-hydroxylation sites is 2. The van der Waals surface area contributed by atoms with Crippen molar-refractivity contribution in [3.05, 3.63) is 89.5 Å². The van der Waals surface area contributed by atoms with Crippen molar-refractivity contribution in [1.29, 1.82) is 0 Å². The molecule has 0 aromatic heterocycles. The van der Waals surface area contributed by atoms with E-state index in [0.717, 1.165) is 11.3 Å². The topological polar surface area (TPSA) is 63.5 Å². The van der Waals surface area contributed by atoms with Gasteiger partial charge in [-0.05, 0) is 24.0 Å². The Bertz CT molecular complexity index is 1260. The second-order valence-electron chi connectivity index (χ2n) is 9.12. The third kappa shape index (κ3) is 4.59. The molecule has 33 heavy (non-hydrogen) atoms. The predicted octanol–water partition coefficient (Wildman–Crippen LogP) is 5.77. The van der Waals surface area contributed by atoms with E-state index in [9.17, 15) is 13.0 Å². The number of anilines is 1. The fraction of sp³-hybridized carbons (Fsp3) is 0.296. The van der Waals surface area contributed by atoms with Crippen molar-refractivity contribution in [3.63, 3.8) is 0 Å². The first-order valence-electron chi connectivity index (χ1n) is 11.3. The van der Waals surface area contributed by atoms with Crippen LogP contribution >= 0.6 is 0 Å². The smallest absolute Gasteiger partial charge is 0.245 e. The van der Waals surface area contributed by atoms with E-state index in [1.54, 1.807) is 18.2 Å². The van der Waals surface area contributed by atoms with E-state index in [1.165, 1.54) is 17.2 Å². The molecule has 1 aliphatic rings. The van der Waals surface area contributed by atoms with Crippen molar-refractivity contribution >= 4 is 27.8 Å². The second kappa shape index (κ2) is 9.12. The van der Waals surface area contributed by atoms with Gasteiger partial charge in [-0.1, -0.05) is 88.4 Å². The Morgan fingerprint density at radius 2 is 1.42 bits per heavy atom. The minimum absolute atomic E-state index is 0.144. The summed E-state index contributed by atoms with van der Waals surface area (Å²) in [6.07, 6.45) is 1.97. The van der Waals surface area contributed by atoms with Gasteiger partial charge in [-0.2, -0.15) is 0 Å². The highest BCUT2D eigenvalue weighted by atomic mass is 32.2. The van der Waals surface area contributed by atoms with Crippen LogP contribution in [0.3, 0.4) is 0 Å². The lowest BCUT2D eigenvalue weighted by atomic mass is 9.92. The molecule has 1 atom stereocenters. The third-order valence-corrected chi connectivity index (χ3v) is 7.08. The largest absolute Gasteiger partial charge is 0.744 e. The van der Waals surface area contributed by atoms with Crippen molar-refractivity contribution in [3.8, 4) is 0 Å².